The molecule has 4 nitrogen and oxygen atoms in total. The summed E-state index contributed by atoms with van der Waals surface area (Å²) in [5.74, 6) is 1.07. The van der Waals surface area contributed by atoms with Crippen LogP contribution >= 0.6 is 0 Å². The second kappa shape index (κ2) is 8.22. The van der Waals surface area contributed by atoms with Gasteiger partial charge in [0.25, 0.3) is 5.91 Å². The minimum absolute atomic E-state index is 0.102. The topological polar surface area (TPSA) is 47.6 Å². The first-order valence-corrected chi connectivity index (χ1v) is 7.70. The maximum Gasteiger partial charge on any atom is 0.251 e. The van der Waals surface area contributed by atoms with E-state index < -0.39 is 0 Å². The Balaban J connectivity index is 1.83. The van der Waals surface area contributed by atoms with Crippen LogP contribution in [0.2, 0.25) is 0 Å². The Morgan fingerprint density at radius 3 is 2.35 bits per heavy atom. The summed E-state index contributed by atoms with van der Waals surface area (Å²) in [7, 11) is 3.13. The summed E-state index contributed by atoms with van der Waals surface area (Å²) >= 11 is 0. The molecule has 0 aliphatic heterocycles. The lowest BCUT2D eigenvalue weighted by Crippen LogP contribution is -2.24. The maximum absolute atomic E-state index is 12.2. The van der Waals surface area contributed by atoms with Gasteiger partial charge in [-0.1, -0.05) is 29.8 Å². The van der Waals surface area contributed by atoms with E-state index in [0.717, 1.165) is 12.8 Å². The zero-order valence-corrected chi connectivity index (χ0v) is 13.9. The third-order valence-electron chi connectivity index (χ3n) is 3.69. The van der Waals surface area contributed by atoms with E-state index in [2.05, 4.69) is 36.5 Å². The van der Waals surface area contributed by atoms with Crippen molar-refractivity contribution in [2.75, 3.05) is 20.8 Å². The number of nitrogens with one attached hydrogen (secondary N) is 1. The second-order valence-corrected chi connectivity index (χ2v) is 5.41. The molecule has 1 N–H and O–H groups in total. The van der Waals surface area contributed by atoms with Crippen LogP contribution in [-0.2, 0) is 6.42 Å². The van der Waals surface area contributed by atoms with Gasteiger partial charge in [-0.05, 0) is 43.5 Å². The third kappa shape index (κ3) is 4.74. The first-order valence-electron chi connectivity index (χ1n) is 7.70. The van der Waals surface area contributed by atoms with Crippen molar-refractivity contribution in [3.05, 3.63) is 59.2 Å². The molecule has 0 saturated carbocycles. The summed E-state index contributed by atoms with van der Waals surface area (Å²) in [6, 6.07) is 13.6. The molecule has 0 radical (unpaired) electrons. The largest absolute Gasteiger partial charge is 0.493 e. The third-order valence-corrected chi connectivity index (χ3v) is 3.69. The van der Waals surface area contributed by atoms with Gasteiger partial charge in [0.2, 0.25) is 0 Å². The predicted octanol–water partition coefficient (Wildman–Crippen LogP) is 3.37. The highest BCUT2D eigenvalue weighted by Crippen LogP contribution is 2.27. The number of methoxy groups -OCH3 is 2. The Hall–Kier alpha value is -2.49. The lowest BCUT2D eigenvalue weighted by Gasteiger charge is -2.10. The SMILES string of the molecule is COc1ccc(C(=O)NCCCc2ccc(C)cc2)cc1OC. The number of carbonyl (C=O) groups is 1. The van der Waals surface area contributed by atoms with E-state index in [4.69, 9.17) is 9.47 Å². The van der Waals surface area contributed by atoms with Crippen molar-refractivity contribution < 1.29 is 14.3 Å². The van der Waals surface area contributed by atoms with Gasteiger partial charge in [-0.2, -0.15) is 0 Å². The zero-order valence-electron chi connectivity index (χ0n) is 13.9. The number of amides is 1. The molecule has 2 aromatic carbocycles. The molecule has 122 valence electrons. The number of rotatable bonds is 7. The Morgan fingerprint density at radius 1 is 1.00 bits per heavy atom. The Bertz CT molecular complexity index is 650. The standard InChI is InChI=1S/C19H23NO3/c1-14-6-8-15(9-7-14)5-4-12-20-19(21)16-10-11-17(22-2)18(13-16)23-3/h6-11,13H,4-5,12H2,1-3H3,(H,20,21). The van der Waals surface area contributed by atoms with Crippen molar-refractivity contribution in [3.8, 4) is 11.5 Å². The molecule has 23 heavy (non-hydrogen) atoms. The fourth-order valence-corrected chi connectivity index (χ4v) is 2.33. The van der Waals surface area contributed by atoms with Crippen molar-refractivity contribution >= 4 is 5.91 Å². The molecule has 0 fully saturated rings. The van der Waals surface area contributed by atoms with Crippen molar-refractivity contribution in [1.82, 2.24) is 5.32 Å². The van der Waals surface area contributed by atoms with Crippen LogP contribution in [0.5, 0.6) is 11.5 Å². The summed E-state index contributed by atoms with van der Waals surface area (Å²) in [4.78, 5) is 12.2. The van der Waals surface area contributed by atoms with Gasteiger partial charge in [0.05, 0.1) is 14.2 Å². The molecule has 0 spiro atoms. The molecule has 0 aliphatic carbocycles. The van der Waals surface area contributed by atoms with Crippen LogP contribution in [-0.4, -0.2) is 26.7 Å². The first kappa shape index (κ1) is 16.9. The molecule has 0 aliphatic rings. The van der Waals surface area contributed by atoms with Gasteiger partial charge >= 0.3 is 0 Å². The van der Waals surface area contributed by atoms with Crippen molar-refractivity contribution in [3.63, 3.8) is 0 Å². The van der Waals surface area contributed by atoms with Gasteiger partial charge in [0.15, 0.2) is 11.5 Å². The van der Waals surface area contributed by atoms with Crippen molar-refractivity contribution in [2.24, 2.45) is 0 Å². The van der Waals surface area contributed by atoms with Gasteiger partial charge in [0.1, 0.15) is 0 Å². The number of hydrogen-bond donors (Lipinski definition) is 1. The fraction of sp³-hybridized carbons (Fsp3) is 0.316. The molecule has 0 heterocycles. The van der Waals surface area contributed by atoms with E-state index in [1.807, 2.05) is 0 Å². The smallest absolute Gasteiger partial charge is 0.251 e. The fourth-order valence-electron chi connectivity index (χ4n) is 2.33. The summed E-state index contributed by atoms with van der Waals surface area (Å²) < 4.78 is 10.4. The van der Waals surface area contributed by atoms with E-state index in [1.165, 1.54) is 11.1 Å². The van der Waals surface area contributed by atoms with Crippen molar-refractivity contribution in [2.45, 2.75) is 19.8 Å². The lowest BCUT2D eigenvalue weighted by atomic mass is 10.1. The minimum atomic E-state index is -0.102. The molecule has 0 saturated heterocycles. The van der Waals surface area contributed by atoms with Crippen molar-refractivity contribution in [1.29, 1.82) is 0 Å². The monoisotopic (exact) mass is 313 g/mol. The molecule has 2 rings (SSSR count). The van der Waals surface area contributed by atoms with Crippen LogP contribution in [0, 0.1) is 6.92 Å². The number of benzene rings is 2. The highest BCUT2D eigenvalue weighted by molar-refractivity contribution is 5.94. The Morgan fingerprint density at radius 2 is 1.70 bits per heavy atom. The predicted molar refractivity (Wildman–Crippen MR) is 91.4 cm³/mol. The second-order valence-electron chi connectivity index (χ2n) is 5.41. The molecule has 0 bridgehead atoms. The van der Waals surface area contributed by atoms with E-state index in [0.29, 0.717) is 23.6 Å². The van der Waals surface area contributed by atoms with Gasteiger partial charge < -0.3 is 14.8 Å². The molecule has 0 unspecified atom stereocenters. The summed E-state index contributed by atoms with van der Waals surface area (Å²) in [6.45, 7) is 2.72. The number of ether oxygens (including phenoxy) is 2. The van der Waals surface area contributed by atoms with E-state index in [-0.39, 0.29) is 5.91 Å². The molecule has 0 aromatic heterocycles. The molecule has 2 aromatic rings. The Labute approximate surface area is 137 Å². The van der Waals surface area contributed by atoms with E-state index in [9.17, 15) is 4.79 Å². The van der Waals surface area contributed by atoms with Crippen LogP contribution in [0.25, 0.3) is 0 Å². The summed E-state index contributed by atoms with van der Waals surface area (Å²) in [6.07, 6.45) is 1.86. The lowest BCUT2D eigenvalue weighted by molar-refractivity contribution is 0.0953. The van der Waals surface area contributed by atoms with Crippen LogP contribution in [0.15, 0.2) is 42.5 Å². The van der Waals surface area contributed by atoms with Gasteiger partial charge in [-0.25, -0.2) is 0 Å². The highest BCUT2D eigenvalue weighted by atomic mass is 16.5. The number of hydrogen-bond acceptors (Lipinski definition) is 3. The average molecular weight is 313 g/mol. The maximum atomic E-state index is 12.2. The molecule has 4 heteroatoms. The van der Waals surface area contributed by atoms with Gasteiger partial charge in [0, 0.05) is 12.1 Å². The Kier molecular flexibility index (Phi) is 6.03. The van der Waals surface area contributed by atoms with Gasteiger partial charge in [-0.15, -0.1) is 0 Å². The average Bonchev–Trinajstić information content (AvgIpc) is 2.59. The highest BCUT2D eigenvalue weighted by Gasteiger charge is 2.10. The zero-order chi connectivity index (χ0) is 16.7. The molecular weight excluding hydrogens is 290 g/mol. The minimum Gasteiger partial charge on any atom is -0.493 e. The number of aryl methyl sites for hydroxylation is 2. The van der Waals surface area contributed by atoms with Crippen LogP contribution in [0.3, 0.4) is 0 Å². The summed E-state index contributed by atoms with van der Waals surface area (Å²) in [5, 5.41) is 2.93. The van der Waals surface area contributed by atoms with Crippen LogP contribution in [0.1, 0.15) is 27.9 Å². The number of carbonyl (C=O) groups excluding carboxylic acids is 1. The van der Waals surface area contributed by atoms with E-state index >= 15 is 0 Å². The summed E-state index contributed by atoms with van der Waals surface area (Å²) in [5.41, 5.74) is 3.12. The van der Waals surface area contributed by atoms with E-state index in [1.54, 1.807) is 32.4 Å². The normalized spacial score (nSPS) is 10.2. The first-order chi connectivity index (χ1) is 11.1. The van der Waals surface area contributed by atoms with Crippen LogP contribution < -0.4 is 14.8 Å². The molecule has 1 amide bonds. The quantitative estimate of drug-likeness (QED) is 0.797. The molecular formula is C19H23NO3. The van der Waals surface area contributed by atoms with Crippen LogP contribution in [0.4, 0.5) is 0 Å². The molecule has 0 atom stereocenters. The van der Waals surface area contributed by atoms with Gasteiger partial charge in [-0.3, -0.25) is 4.79 Å².